The Bertz CT molecular complexity index is 708. The van der Waals surface area contributed by atoms with Gasteiger partial charge in [0.25, 0.3) is 0 Å². The summed E-state index contributed by atoms with van der Waals surface area (Å²) in [6.07, 6.45) is 0.328. The van der Waals surface area contributed by atoms with Gasteiger partial charge in [-0.3, -0.25) is 0 Å². The molecule has 0 amide bonds. The van der Waals surface area contributed by atoms with Crippen LogP contribution in [0, 0.1) is 6.92 Å². The van der Waals surface area contributed by atoms with E-state index in [0.29, 0.717) is 5.76 Å². The molecule has 1 aromatic carbocycles. The molecule has 3 heteroatoms. The number of rotatable bonds is 3. The third kappa shape index (κ3) is 2.31. The summed E-state index contributed by atoms with van der Waals surface area (Å²) in [5, 5.41) is 11.4. The Kier molecular flexibility index (Phi) is 3.17. The van der Waals surface area contributed by atoms with Crippen molar-refractivity contribution in [3.8, 4) is 0 Å². The molecule has 0 radical (unpaired) electrons. The van der Waals surface area contributed by atoms with Gasteiger partial charge in [0.2, 0.25) is 0 Å². The topological polar surface area (TPSA) is 33.4 Å². The quantitative estimate of drug-likeness (QED) is 0.764. The largest absolute Gasteiger partial charge is 0.458 e. The molecule has 1 unspecified atom stereocenters. The number of benzene rings is 1. The smallest absolute Gasteiger partial charge is 0.146 e. The summed E-state index contributed by atoms with van der Waals surface area (Å²) in [6.45, 7) is 4.17. The van der Waals surface area contributed by atoms with Crippen LogP contribution in [0.5, 0.6) is 0 Å². The highest BCUT2D eigenvalue weighted by Gasteiger charge is 2.17. The molecule has 0 aliphatic carbocycles. The van der Waals surface area contributed by atoms with Crippen molar-refractivity contribution >= 4 is 22.3 Å². The third-order valence-corrected chi connectivity index (χ3v) is 4.54. The van der Waals surface area contributed by atoms with E-state index in [1.165, 1.54) is 10.4 Å². The fourth-order valence-electron chi connectivity index (χ4n) is 2.19. The molecule has 3 rings (SSSR count). The SMILES string of the molecule is CCc1ccc(C(O)c2cc3cc(C)ccc3o2)s1. The number of hydrogen-bond acceptors (Lipinski definition) is 3. The van der Waals surface area contributed by atoms with E-state index in [-0.39, 0.29) is 0 Å². The first-order chi connectivity index (χ1) is 9.17. The zero-order valence-electron chi connectivity index (χ0n) is 11.0. The van der Waals surface area contributed by atoms with Crippen LogP contribution in [-0.2, 0) is 6.42 Å². The molecule has 0 bridgehead atoms. The third-order valence-electron chi connectivity index (χ3n) is 3.26. The highest BCUT2D eigenvalue weighted by atomic mass is 32.1. The minimum atomic E-state index is -0.669. The van der Waals surface area contributed by atoms with Crippen LogP contribution in [0.4, 0.5) is 0 Å². The van der Waals surface area contributed by atoms with Crippen molar-refractivity contribution in [3.63, 3.8) is 0 Å². The second-order valence-corrected chi connectivity index (χ2v) is 5.95. The first kappa shape index (κ1) is 12.5. The summed E-state index contributed by atoms with van der Waals surface area (Å²) in [6, 6.07) is 12.0. The van der Waals surface area contributed by atoms with Gasteiger partial charge in [0.1, 0.15) is 17.4 Å². The lowest BCUT2D eigenvalue weighted by Gasteiger charge is -2.03. The van der Waals surface area contributed by atoms with Crippen molar-refractivity contribution in [2.45, 2.75) is 26.4 Å². The first-order valence-electron chi connectivity index (χ1n) is 6.44. The van der Waals surface area contributed by atoms with Crippen LogP contribution in [0.3, 0.4) is 0 Å². The van der Waals surface area contributed by atoms with Crippen LogP contribution in [-0.4, -0.2) is 5.11 Å². The van der Waals surface area contributed by atoms with Crippen molar-refractivity contribution in [2.24, 2.45) is 0 Å². The summed E-state index contributed by atoms with van der Waals surface area (Å²) in [5.41, 5.74) is 2.02. The number of hydrogen-bond donors (Lipinski definition) is 1. The first-order valence-corrected chi connectivity index (χ1v) is 7.26. The lowest BCUT2D eigenvalue weighted by atomic mass is 10.1. The summed E-state index contributed by atoms with van der Waals surface area (Å²) < 4.78 is 5.74. The van der Waals surface area contributed by atoms with Gasteiger partial charge in [0, 0.05) is 15.1 Å². The van der Waals surface area contributed by atoms with Gasteiger partial charge in [-0.05, 0) is 43.7 Å². The van der Waals surface area contributed by atoms with Gasteiger partial charge in [-0.25, -0.2) is 0 Å². The Balaban J connectivity index is 1.98. The molecule has 0 spiro atoms. The van der Waals surface area contributed by atoms with E-state index in [1.54, 1.807) is 11.3 Å². The van der Waals surface area contributed by atoms with Gasteiger partial charge in [-0.15, -0.1) is 11.3 Å². The maximum atomic E-state index is 10.4. The Labute approximate surface area is 116 Å². The molecule has 2 heterocycles. The van der Waals surface area contributed by atoms with Crippen LogP contribution in [0.2, 0.25) is 0 Å². The van der Waals surface area contributed by atoms with Gasteiger partial charge in [0.05, 0.1) is 0 Å². The Morgan fingerprint density at radius 3 is 2.79 bits per heavy atom. The van der Waals surface area contributed by atoms with E-state index in [4.69, 9.17) is 4.42 Å². The molecule has 0 aliphatic rings. The van der Waals surface area contributed by atoms with Gasteiger partial charge < -0.3 is 9.52 Å². The Morgan fingerprint density at radius 1 is 1.21 bits per heavy atom. The summed E-state index contributed by atoms with van der Waals surface area (Å²) >= 11 is 1.64. The predicted octanol–water partition coefficient (Wildman–Crippen LogP) is 4.45. The normalized spacial score (nSPS) is 13.0. The van der Waals surface area contributed by atoms with Gasteiger partial charge in [-0.1, -0.05) is 18.6 Å². The molecule has 0 saturated heterocycles. The number of thiophene rings is 1. The maximum absolute atomic E-state index is 10.4. The minimum Gasteiger partial charge on any atom is -0.458 e. The lowest BCUT2D eigenvalue weighted by Crippen LogP contribution is -1.93. The number of fused-ring (bicyclic) bond motifs is 1. The molecule has 98 valence electrons. The minimum absolute atomic E-state index is 0.616. The summed E-state index contributed by atoms with van der Waals surface area (Å²) in [4.78, 5) is 2.22. The fraction of sp³-hybridized carbons (Fsp3) is 0.250. The summed E-state index contributed by atoms with van der Waals surface area (Å²) in [5.74, 6) is 0.616. The molecule has 3 aromatic rings. The molecule has 2 aromatic heterocycles. The molecule has 19 heavy (non-hydrogen) atoms. The van der Waals surface area contributed by atoms with E-state index < -0.39 is 6.10 Å². The monoisotopic (exact) mass is 272 g/mol. The molecule has 0 fully saturated rings. The average molecular weight is 272 g/mol. The fourth-order valence-corrected chi connectivity index (χ4v) is 3.14. The van der Waals surface area contributed by atoms with Crippen molar-refractivity contribution in [1.29, 1.82) is 0 Å². The van der Waals surface area contributed by atoms with E-state index >= 15 is 0 Å². The number of furan rings is 1. The number of aliphatic hydroxyl groups excluding tert-OH is 1. The second kappa shape index (κ2) is 4.83. The molecule has 0 aliphatic heterocycles. The van der Waals surface area contributed by atoms with Crippen LogP contribution >= 0.6 is 11.3 Å². The predicted molar refractivity (Wildman–Crippen MR) is 78.7 cm³/mol. The molecule has 1 N–H and O–H groups in total. The van der Waals surface area contributed by atoms with Crippen molar-refractivity contribution in [2.75, 3.05) is 0 Å². The van der Waals surface area contributed by atoms with Crippen molar-refractivity contribution in [3.05, 3.63) is 57.5 Å². The van der Waals surface area contributed by atoms with Gasteiger partial charge in [0.15, 0.2) is 0 Å². The second-order valence-electron chi connectivity index (χ2n) is 4.75. The van der Waals surface area contributed by atoms with Crippen molar-refractivity contribution in [1.82, 2.24) is 0 Å². The molecule has 1 atom stereocenters. The Hall–Kier alpha value is -1.58. The zero-order valence-corrected chi connectivity index (χ0v) is 11.8. The number of aliphatic hydroxyl groups is 1. The van der Waals surface area contributed by atoms with E-state index in [9.17, 15) is 5.11 Å². The Morgan fingerprint density at radius 2 is 2.05 bits per heavy atom. The van der Waals surface area contributed by atoms with Gasteiger partial charge >= 0.3 is 0 Å². The molecule has 2 nitrogen and oxygen atoms in total. The maximum Gasteiger partial charge on any atom is 0.146 e. The molecule has 0 saturated carbocycles. The van der Waals surface area contributed by atoms with Crippen LogP contribution in [0.15, 0.2) is 40.8 Å². The highest BCUT2D eigenvalue weighted by molar-refractivity contribution is 7.12. The van der Waals surface area contributed by atoms with Crippen molar-refractivity contribution < 1.29 is 9.52 Å². The highest BCUT2D eigenvalue weighted by Crippen LogP contribution is 2.32. The van der Waals surface area contributed by atoms with E-state index in [0.717, 1.165) is 22.3 Å². The molecular formula is C16H16O2S. The van der Waals surface area contributed by atoms with Crippen LogP contribution in [0.1, 0.15) is 34.1 Å². The van der Waals surface area contributed by atoms with Gasteiger partial charge in [-0.2, -0.15) is 0 Å². The number of aryl methyl sites for hydroxylation is 2. The van der Waals surface area contributed by atoms with E-state index in [1.807, 2.05) is 24.3 Å². The average Bonchev–Trinajstić information content (AvgIpc) is 3.03. The summed E-state index contributed by atoms with van der Waals surface area (Å²) in [7, 11) is 0. The van der Waals surface area contributed by atoms with Crippen LogP contribution < -0.4 is 0 Å². The standard InChI is InChI=1S/C16H16O2S/c1-3-12-5-7-15(19-12)16(17)14-9-11-8-10(2)4-6-13(11)18-14/h4-9,16-17H,3H2,1-2H3. The molecular weight excluding hydrogens is 256 g/mol. The van der Waals surface area contributed by atoms with Crippen LogP contribution in [0.25, 0.3) is 11.0 Å². The zero-order chi connectivity index (χ0) is 13.4. The van der Waals surface area contributed by atoms with E-state index in [2.05, 4.69) is 26.0 Å². The lowest BCUT2D eigenvalue weighted by molar-refractivity contribution is 0.196.